The number of rotatable bonds is 0. The van der Waals surface area contributed by atoms with E-state index in [1.807, 2.05) is 24.3 Å². The van der Waals surface area contributed by atoms with Crippen LogP contribution in [0.1, 0.15) is 11.1 Å². The third-order valence-electron chi connectivity index (χ3n) is 3.16. The number of aryl methyl sites for hydroxylation is 2. The number of nitrogens with two attached hydrogens (primary N) is 1. The molecule has 0 aliphatic heterocycles. The van der Waals surface area contributed by atoms with Gasteiger partial charge in [-0.05, 0) is 31.5 Å². The van der Waals surface area contributed by atoms with Crippen LogP contribution in [-0.2, 0) is 0 Å². The van der Waals surface area contributed by atoms with Crippen LogP contribution in [0, 0.1) is 13.8 Å². The predicted octanol–water partition coefficient (Wildman–Crippen LogP) is 3.59. The molecule has 0 unspecified atom stereocenters. The van der Waals surface area contributed by atoms with Crippen LogP contribution in [0.25, 0.3) is 21.8 Å². The van der Waals surface area contributed by atoms with Gasteiger partial charge in [-0.25, -0.2) is 4.98 Å². The van der Waals surface area contributed by atoms with Crippen molar-refractivity contribution in [3.8, 4) is 0 Å². The van der Waals surface area contributed by atoms with Gasteiger partial charge in [0.05, 0.1) is 16.7 Å². The van der Waals surface area contributed by atoms with E-state index in [1.165, 1.54) is 11.1 Å². The predicted molar refractivity (Wildman–Crippen MR) is 73.1 cm³/mol. The Hall–Kier alpha value is -2.09. The Balaban J connectivity index is 2.59. The first-order valence-corrected chi connectivity index (χ1v) is 5.72. The summed E-state index contributed by atoms with van der Waals surface area (Å²) in [6.45, 7) is 4.16. The van der Waals surface area contributed by atoms with E-state index in [0.717, 1.165) is 27.5 Å². The SMILES string of the molecule is Cc1cc(C)c2nc3ccccc3c(N)c2c1. The second kappa shape index (κ2) is 3.45. The second-order valence-corrected chi connectivity index (χ2v) is 4.52. The molecular formula is C15H14N2. The van der Waals surface area contributed by atoms with Crippen molar-refractivity contribution in [1.82, 2.24) is 4.98 Å². The fourth-order valence-electron chi connectivity index (χ4n) is 2.38. The molecule has 3 rings (SSSR count). The van der Waals surface area contributed by atoms with Crippen LogP contribution < -0.4 is 5.73 Å². The number of hydrogen-bond donors (Lipinski definition) is 1. The molecule has 0 radical (unpaired) electrons. The molecule has 2 nitrogen and oxygen atoms in total. The molecule has 0 fully saturated rings. The number of benzene rings is 2. The fourth-order valence-corrected chi connectivity index (χ4v) is 2.38. The largest absolute Gasteiger partial charge is 0.398 e. The number of fused-ring (bicyclic) bond motifs is 2. The minimum Gasteiger partial charge on any atom is -0.398 e. The van der Waals surface area contributed by atoms with Gasteiger partial charge in [-0.2, -0.15) is 0 Å². The number of para-hydroxylation sites is 1. The van der Waals surface area contributed by atoms with E-state index in [2.05, 4.69) is 26.0 Å². The van der Waals surface area contributed by atoms with Gasteiger partial charge in [0, 0.05) is 10.8 Å². The van der Waals surface area contributed by atoms with E-state index in [-0.39, 0.29) is 0 Å². The van der Waals surface area contributed by atoms with E-state index in [9.17, 15) is 0 Å². The Labute approximate surface area is 100 Å². The molecule has 0 bridgehead atoms. The van der Waals surface area contributed by atoms with Gasteiger partial charge in [0.1, 0.15) is 0 Å². The number of anilines is 1. The lowest BCUT2D eigenvalue weighted by molar-refractivity contribution is 1.38. The van der Waals surface area contributed by atoms with E-state index >= 15 is 0 Å². The van der Waals surface area contributed by atoms with Crippen molar-refractivity contribution in [3.05, 3.63) is 47.5 Å². The van der Waals surface area contributed by atoms with Gasteiger partial charge in [0.2, 0.25) is 0 Å². The van der Waals surface area contributed by atoms with Gasteiger partial charge in [-0.3, -0.25) is 0 Å². The number of nitrogen functional groups attached to an aromatic ring is 1. The highest BCUT2D eigenvalue weighted by Crippen LogP contribution is 2.30. The summed E-state index contributed by atoms with van der Waals surface area (Å²) in [5.41, 5.74) is 11.5. The second-order valence-electron chi connectivity index (χ2n) is 4.52. The zero-order valence-corrected chi connectivity index (χ0v) is 9.99. The number of hydrogen-bond acceptors (Lipinski definition) is 2. The fraction of sp³-hybridized carbons (Fsp3) is 0.133. The highest BCUT2D eigenvalue weighted by Gasteiger charge is 2.08. The quantitative estimate of drug-likeness (QED) is 0.590. The van der Waals surface area contributed by atoms with Gasteiger partial charge in [0.25, 0.3) is 0 Å². The maximum absolute atomic E-state index is 6.25. The molecule has 0 saturated carbocycles. The Morgan fingerprint density at radius 2 is 1.76 bits per heavy atom. The molecule has 84 valence electrons. The van der Waals surface area contributed by atoms with Crippen molar-refractivity contribution in [2.45, 2.75) is 13.8 Å². The summed E-state index contributed by atoms with van der Waals surface area (Å²) in [5, 5.41) is 2.09. The van der Waals surface area contributed by atoms with Gasteiger partial charge in [0.15, 0.2) is 0 Å². The zero-order chi connectivity index (χ0) is 12.0. The van der Waals surface area contributed by atoms with Crippen molar-refractivity contribution in [3.63, 3.8) is 0 Å². The lowest BCUT2D eigenvalue weighted by Gasteiger charge is -2.09. The van der Waals surface area contributed by atoms with E-state index < -0.39 is 0 Å². The Morgan fingerprint density at radius 3 is 2.59 bits per heavy atom. The first kappa shape index (κ1) is 10.1. The van der Waals surface area contributed by atoms with Crippen LogP contribution >= 0.6 is 0 Å². The zero-order valence-electron chi connectivity index (χ0n) is 9.99. The maximum Gasteiger partial charge on any atom is 0.0759 e. The Morgan fingerprint density at radius 1 is 1.00 bits per heavy atom. The summed E-state index contributed by atoms with van der Waals surface area (Å²) in [6, 6.07) is 12.3. The first-order valence-electron chi connectivity index (χ1n) is 5.72. The van der Waals surface area contributed by atoms with E-state index in [1.54, 1.807) is 0 Å². The van der Waals surface area contributed by atoms with E-state index in [0.29, 0.717) is 0 Å². The highest BCUT2D eigenvalue weighted by molar-refractivity contribution is 6.07. The molecule has 17 heavy (non-hydrogen) atoms. The van der Waals surface area contributed by atoms with Gasteiger partial charge in [-0.1, -0.05) is 29.8 Å². The summed E-state index contributed by atoms with van der Waals surface area (Å²) in [5.74, 6) is 0. The first-order chi connectivity index (χ1) is 8.16. The maximum atomic E-state index is 6.25. The highest BCUT2D eigenvalue weighted by atomic mass is 14.7. The van der Waals surface area contributed by atoms with Crippen molar-refractivity contribution in [2.24, 2.45) is 0 Å². The summed E-state index contributed by atoms with van der Waals surface area (Å²) in [7, 11) is 0. The van der Waals surface area contributed by atoms with Crippen LogP contribution in [0.5, 0.6) is 0 Å². The number of aromatic nitrogens is 1. The van der Waals surface area contributed by atoms with Crippen molar-refractivity contribution >= 4 is 27.5 Å². The monoisotopic (exact) mass is 222 g/mol. The van der Waals surface area contributed by atoms with Gasteiger partial charge < -0.3 is 5.73 Å². The molecule has 0 spiro atoms. The summed E-state index contributed by atoms with van der Waals surface area (Å²) < 4.78 is 0. The van der Waals surface area contributed by atoms with Crippen LogP contribution in [0.15, 0.2) is 36.4 Å². The average molecular weight is 222 g/mol. The van der Waals surface area contributed by atoms with Crippen LogP contribution in [0.2, 0.25) is 0 Å². The summed E-state index contributed by atoms with van der Waals surface area (Å²) in [6.07, 6.45) is 0. The molecule has 0 saturated heterocycles. The summed E-state index contributed by atoms with van der Waals surface area (Å²) in [4.78, 5) is 4.70. The van der Waals surface area contributed by atoms with E-state index in [4.69, 9.17) is 10.7 Å². The molecule has 0 aliphatic rings. The van der Waals surface area contributed by atoms with Crippen LogP contribution in [-0.4, -0.2) is 4.98 Å². The molecule has 1 aromatic heterocycles. The molecule has 2 heteroatoms. The van der Waals surface area contributed by atoms with Gasteiger partial charge in [-0.15, -0.1) is 0 Å². The number of nitrogens with zero attached hydrogens (tertiary/aromatic N) is 1. The topological polar surface area (TPSA) is 38.9 Å². The van der Waals surface area contributed by atoms with Crippen LogP contribution in [0.3, 0.4) is 0 Å². The van der Waals surface area contributed by atoms with Gasteiger partial charge >= 0.3 is 0 Å². The molecule has 0 amide bonds. The molecule has 0 atom stereocenters. The lowest BCUT2D eigenvalue weighted by Crippen LogP contribution is -1.94. The van der Waals surface area contributed by atoms with Crippen LogP contribution in [0.4, 0.5) is 5.69 Å². The molecule has 1 heterocycles. The minimum absolute atomic E-state index is 0.831. The molecule has 0 aliphatic carbocycles. The smallest absolute Gasteiger partial charge is 0.0759 e. The average Bonchev–Trinajstić information content (AvgIpc) is 2.31. The molecule has 2 N–H and O–H groups in total. The number of pyridine rings is 1. The van der Waals surface area contributed by atoms with Crippen molar-refractivity contribution < 1.29 is 0 Å². The van der Waals surface area contributed by atoms with Crippen molar-refractivity contribution in [1.29, 1.82) is 0 Å². The minimum atomic E-state index is 0.831. The third kappa shape index (κ3) is 1.45. The molecule has 3 aromatic rings. The summed E-state index contributed by atoms with van der Waals surface area (Å²) >= 11 is 0. The third-order valence-corrected chi connectivity index (χ3v) is 3.16. The standard InChI is InChI=1S/C15H14N2/c1-9-7-10(2)15-12(8-9)14(16)11-5-3-4-6-13(11)17-15/h3-8H,1-2H3,(H2,16,17). The Kier molecular flexibility index (Phi) is 2.05. The Bertz CT molecular complexity index is 730. The lowest BCUT2D eigenvalue weighted by atomic mass is 10.0. The molecular weight excluding hydrogens is 208 g/mol. The molecule has 2 aromatic carbocycles. The van der Waals surface area contributed by atoms with Crippen molar-refractivity contribution in [2.75, 3.05) is 5.73 Å². The normalized spacial score (nSPS) is 11.2.